The summed E-state index contributed by atoms with van der Waals surface area (Å²) in [6.07, 6.45) is 6.05. The minimum atomic E-state index is -0.428. The van der Waals surface area contributed by atoms with Gasteiger partial charge in [-0.3, -0.25) is 9.59 Å². The van der Waals surface area contributed by atoms with Crippen LogP contribution >= 0.6 is 0 Å². The lowest BCUT2D eigenvalue weighted by Gasteiger charge is -2.34. The van der Waals surface area contributed by atoms with E-state index < -0.39 is 6.04 Å². The fraction of sp³-hybridized carbons (Fsp3) is 0.565. The Morgan fingerprint density at radius 2 is 2.00 bits per heavy atom. The smallest absolute Gasteiger partial charge is 0.255 e. The maximum absolute atomic E-state index is 12.9. The van der Waals surface area contributed by atoms with Gasteiger partial charge in [-0.1, -0.05) is 26.8 Å². The second-order valence-corrected chi connectivity index (χ2v) is 8.77. The molecule has 3 atom stereocenters. The molecule has 0 radical (unpaired) electrons. The molecule has 1 aromatic carbocycles. The van der Waals surface area contributed by atoms with E-state index in [0.717, 1.165) is 29.9 Å². The molecule has 4 rings (SSSR count). The minimum Gasteiger partial charge on any atom is -0.489 e. The van der Waals surface area contributed by atoms with Crippen LogP contribution in [0.3, 0.4) is 0 Å². The topological polar surface area (TPSA) is 70.7 Å². The van der Waals surface area contributed by atoms with Crippen molar-refractivity contribution in [1.29, 1.82) is 0 Å². The molecular weight excluding hydrogens is 366 g/mol. The molecule has 1 aromatic rings. The zero-order chi connectivity index (χ0) is 20.5. The van der Waals surface area contributed by atoms with E-state index in [4.69, 9.17) is 4.74 Å². The fourth-order valence-electron chi connectivity index (χ4n) is 4.74. The van der Waals surface area contributed by atoms with Crippen molar-refractivity contribution in [3.8, 4) is 5.75 Å². The van der Waals surface area contributed by atoms with Crippen molar-refractivity contribution in [3.05, 3.63) is 41.6 Å². The number of fused-ring (bicyclic) bond motifs is 1. The molecule has 6 heteroatoms. The van der Waals surface area contributed by atoms with Gasteiger partial charge in [0.2, 0.25) is 5.91 Å². The molecule has 1 saturated carbocycles. The van der Waals surface area contributed by atoms with Crippen molar-refractivity contribution < 1.29 is 14.3 Å². The van der Waals surface area contributed by atoms with E-state index in [9.17, 15) is 9.59 Å². The number of piperidine rings is 1. The van der Waals surface area contributed by atoms with Crippen LogP contribution in [0.1, 0.15) is 68.3 Å². The van der Waals surface area contributed by atoms with Crippen molar-refractivity contribution in [2.75, 3.05) is 0 Å². The number of carbonyl (C=O) groups excluding carboxylic acids is 2. The first-order valence-corrected chi connectivity index (χ1v) is 10.8. The average Bonchev–Trinajstić information content (AvgIpc) is 2.99. The van der Waals surface area contributed by atoms with E-state index >= 15 is 0 Å². The summed E-state index contributed by atoms with van der Waals surface area (Å²) in [7, 11) is 0. The maximum Gasteiger partial charge on any atom is 0.255 e. The Kier molecular flexibility index (Phi) is 5.63. The first-order valence-electron chi connectivity index (χ1n) is 10.8. The highest BCUT2D eigenvalue weighted by Crippen LogP contribution is 2.32. The second-order valence-electron chi connectivity index (χ2n) is 8.77. The van der Waals surface area contributed by atoms with Gasteiger partial charge in [0, 0.05) is 29.9 Å². The normalized spacial score (nSPS) is 27.2. The van der Waals surface area contributed by atoms with Crippen molar-refractivity contribution >= 4 is 11.8 Å². The minimum absolute atomic E-state index is 0.0729. The zero-order valence-corrected chi connectivity index (χ0v) is 17.4. The Hall–Kier alpha value is -2.34. The Bertz CT molecular complexity index is 820. The van der Waals surface area contributed by atoms with Crippen LogP contribution in [0.25, 0.3) is 0 Å². The van der Waals surface area contributed by atoms with Crippen LogP contribution in [0.4, 0.5) is 0 Å². The molecular formula is C23H31N3O3. The summed E-state index contributed by atoms with van der Waals surface area (Å²) in [5.74, 6) is 0.599. The van der Waals surface area contributed by atoms with Crippen LogP contribution in [0.15, 0.2) is 30.5 Å². The van der Waals surface area contributed by atoms with E-state index in [1.165, 1.54) is 12.8 Å². The van der Waals surface area contributed by atoms with E-state index in [1.807, 2.05) is 18.2 Å². The Morgan fingerprint density at radius 3 is 2.76 bits per heavy atom. The molecule has 2 amide bonds. The van der Waals surface area contributed by atoms with Crippen LogP contribution in [0.5, 0.6) is 5.75 Å². The van der Waals surface area contributed by atoms with Gasteiger partial charge in [-0.05, 0) is 55.9 Å². The third-order valence-electron chi connectivity index (χ3n) is 6.14. The van der Waals surface area contributed by atoms with Gasteiger partial charge >= 0.3 is 0 Å². The highest BCUT2D eigenvalue weighted by atomic mass is 16.5. The van der Waals surface area contributed by atoms with Crippen molar-refractivity contribution in [3.63, 3.8) is 0 Å². The molecule has 2 heterocycles. The van der Waals surface area contributed by atoms with Gasteiger partial charge in [-0.25, -0.2) is 0 Å². The summed E-state index contributed by atoms with van der Waals surface area (Å²) in [5, 5.41) is 6.41. The first-order chi connectivity index (χ1) is 13.9. The predicted molar refractivity (Wildman–Crippen MR) is 112 cm³/mol. The van der Waals surface area contributed by atoms with Crippen molar-refractivity contribution in [2.45, 2.75) is 83.1 Å². The lowest BCUT2D eigenvalue weighted by atomic mass is 9.92. The highest BCUT2D eigenvalue weighted by molar-refractivity contribution is 6.01. The zero-order valence-electron chi connectivity index (χ0n) is 17.4. The molecule has 0 spiro atoms. The number of nitrogens with one attached hydrogen (secondary N) is 2. The lowest BCUT2D eigenvalue weighted by Crippen LogP contribution is -2.49. The maximum atomic E-state index is 12.9. The van der Waals surface area contributed by atoms with Crippen LogP contribution in [-0.4, -0.2) is 40.9 Å². The molecule has 2 aliphatic heterocycles. The molecule has 1 aliphatic carbocycles. The third kappa shape index (κ3) is 4.17. The number of hydrogen-bond acceptors (Lipinski definition) is 4. The Labute approximate surface area is 172 Å². The lowest BCUT2D eigenvalue weighted by molar-refractivity contribution is -0.126. The molecule has 1 unspecified atom stereocenters. The Balaban J connectivity index is 1.47. The Morgan fingerprint density at radius 1 is 1.21 bits per heavy atom. The summed E-state index contributed by atoms with van der Waals surface area (Å²) in [6, 6.07) is 6.07. The summed E-state index contributed by atoms with van der Waals surface area (Å²) in [5.41, 5.74) is 2.34. The molecule has 2 fully saturated rings. The fourth-order valence-corrected chi connectivity index (χ4v) is 4.74. The summed E-state index contributed by atoms with van der Waals surface area (Å²) < 4.78 is 6.36. The average molecular weight is 398 g/mol. The number of rotatable bonds is 5. The van der Waals surface area contributed by atoms with Gasteiger partial charge in [0.05, 0.1) is 0 Å². The van der Waals surface area contributed by atoms with E-state index in [1.54, 1.807) is 4.90 Å². The number of allylic oxidation sites excluding steroid dienone is 1. The SMILES string of the molecule is C=C1CCC(N2Cc3cc(O[C@H]4CCCC[C@@H]4NC(C)C)ccc3C2=O)C(=O)N1. The van der Waals surface area contributed by atoms with Crippen LogP contribution in [-0.2, 0) is 11.3 Å². The van der Waals surface area contributed by atoms with E-state index in [-0.39, 0.29) is 17.9 Å². The molecule has 6 nitrogen and oxygen atoms in total. The number of carbonyl (C=O) groups is 2. The van der Waals surface area contributed by atoms with Gasteiger partial charge < -0.3 is 20.3 Å². The summed E-state index contributed by atoms with van der Waals surface area (Å²) in [4.78, 5) is 26.9. The monoisotopic (exact) mass is 397 g/mol. The molecule has 29 heavy (non-hydrogen) atoms. The number of hydrogen-bond donors (Lipinski definition) is 2. The van der Waals surface area contributed by atoms with Crippen molar-refractivity contribution in [2.24, 2.45) is 0 Å². The van der Waals surface area contributed by atoms with Gasteiger partial charge in [0.1, 0.15) is 17.9 Å². The second kappa shape index (κ2) is 8.19. The van der Waals surface area contributed by atoms with Crippen LogP contribution in [0.2, 0.25) is 0 Å². The standard InChI is InChI=1S/C23H31N3O3/c1-14(2)24-19-6-4-5-7-21(19)29-17-9-10-18-16(12-17)13-26(23(18)28)20-11-8-15(3)25-22(20)27/h9-10,12,14,19-21,24H,3-8,11,13H2,1-2H3,(H,25,27)/t19-,20?,21-/m0/s1. The summed E-state index contributed by atoms with van der Waals surface area (Å²) in [6.45, 7) is 8.60. The first kappa shape index (κ1) is 20.0. The van der Waals surface area contributed by atoms with Crippen LogP contribution < -0.4 is 15.4 Å². The molecule has 156 valence electrons. The number of amides is 2. The number of ether oxygens (including phenoxy) is 1. The molecule has 3 aliphatic rings. The molecule has 0 aromatic heterocycles. The molecule has 2 N–H and O–H groups in total. The predicted octanol–water partition coefficient (Wildman–Crippen LogP) is 3.12. The van der Waals surface area contributed by atoms with Gasteiger partial charge in [-0.2, -0.15) is 0 Å². The largest absolute Gasteiger partial charge is 0.489 e. The summed E-state index contributed by atoms with van der Waals surface area (Å²) >= 11 is 0. The number of benzene rings is 1. The third-order valence-corrected chi connectivity index (χ3v) is 6.14. The van der Waals surface area contributed by atoms with Gasteiger partial charge in [0.25, 0.3) is 5.91 Å². The molecule has 1 saturated heterocycles. The van der Waals surface area contributed by atoms with E-state index in [0.29, 0.717) is 37.0 Å². The van der Waals surface area contributed by atoms with Crippen LogP contribution in [0, 0.1) is 0 Å². The van der Waals surface area contributed by atoms with Gasteiger partial charge in [0.15, 0.2) is 0 Å². The van der Waals surface area contributed by atoms with Crippen molar-refractivity contribution in [1.82, 2.24) is 15.5 Å². The highest BCUT2D eigenvalue weighted by Gasteiger charge is 2.38. The molecule has 0 bridgehead atoms. The van der Waals surface area contributed by atoms with E-state index in [2.05, 4.69) is 31.1 Å². The number of nitrogens with zero attached hydrogens (tertiary/aromatic N) is 1. The van der Waals surface area contributed by atoms with Gasteiger partial charge in [-0.15, -0.1) is 0 Å². The quantitative estimate of drug-likeness (QED) is 0.801.